The Balaban J connectivity index is 2.08. The number of epoxide rings is 1. The Morgan fingerprint density at radius 1 is 1.52 bits per heavy atom. The molecule has 0 radical (unpaired) electrons. The molecule has 0 amide bonds. The first kappa shape index (κ1) is 16.8. The molecule has 1 aromatic rings. The number of sulfonamides is 1. The number of hydrogen-bond donors (Lipinski definition) is 1. The monoisotopic (exact) mass is 392 g/mol. The van der Waals surface area contributed by atoms with Crippen LogP contribution < -0.4 is 5.73 Å². The first-order valence-corrected chi connectivity index (χ1v) is 9.30. The van der Waals surface area contributed by atoms with Gasteiger partial charge in [-0.3, -0.25) is 0 Å². The Morgan fingerprint density at radius 2 is 2.24 bits per heavy atom. The molecule has 1 saturated heterocycles. The lowest BCUT2D eigenvalue weighted by atomic mass is 10.2. The van der Waals surface area contributed by atoms with Gasteiger partial charge in [0.15, 0.2) is 0 Å². The minimum absolute atomic E-state index is 0.0678. The van der Waals surface area contributed by atoms with Crippen molar-refractivity contribution < 1.29 is 13.2 Å². The van der Waals surface area contributed by atoms with Crippen LogP contribution in [0.2, 0.25) is 0 Å². The van der Waals surface area contributed by atoms with Crippen molar-refractivity contribution in [2.24, 2.45) is 5.73 Å². The van der Waals surface area contributed by atoms with Crippen molar-refractivity contribution >= 4 is 43.2 Å². The van der Waals surface area contributed by atoms with Crippen LogP contribution in [0.25, 0.3) is 0 Å². The third kappa shape index (κ3) is 5.63. The van der Waals surface area contributed by atoms with Crippen LogP contribution in [0.5, 0.6) is 0 Å². The molecule has 1 aromatic carbocycles. The van der Waals surface area contributed by atoms with Crippen LogP contribution >= 0.6 is 28.1 Å². The first-order valence-electron chi connectivity index (χ1n) is 6.49. The van der Waals surface area contributed by atoms with Gasteiger partial charge in [0.2, 0.25) is 10.0 Å². The zero-order valence-electron chi connectivity index (χ0n) is 11.4. The largest absolute Gasteiger partial charge is 0.392 e. The van der Waals surface area contributed by atoms with Gasteiger partial charge in [0.1, 0.15) is 0 Å². The number of thiocarbonyl (C=S) groups is 1. The molecular weight excluding hydrogens is 376 g/mol. The maximum Gasteiger partial charge on any atom is 0.218 e. The summed E-state index contributed by atoms with van der Waals surface area (Å²) in [5.41, 5.74) is 6.24. The summed E-state index contributed by atoms with van der Waals surface area (Å²) in [6, 6.07) is 7.24. The third-order valence-electron chi connectivity index (χ3n) is 3.07. The van der Waals surface area contributed by atoms with E-state index in [2.05, 4.69) is 15.9 Å². The average Bonchev–Trinajstić information content (AvgIpc) is 3.17. The van der Waals surface area contributed by atoms with Crippen molar-refractivity contribution in [3.05, 3.63) is 34.3 Å². The molecule has 0 spiro atoms. The first-order chi connectivity index (χ1) is 9.87. The molecule has 21 heavy (non-hydrogen) atoms. The lowest BCUT2D eigenvalue weighted by molar-refractivity contribution is 0.365. The molecule has 116 valence electrons. The van der Waals surface area contributed by atoms with Crippen LogP contribution in [0.1, 0.15) is 12.0 Å². The van der Waals surface area contributed by atoms with E-state index in [1.165, 1.54) is 4.31 Å². The Labute approximate surface area is 138 Å². The molecule has 1 fully saturated rings. The van der Waals surface area contributed by atoms with Crippen LogP contribution in [0.4, 0.5) is 0 Å². The highest BCUT2D eigenvalue weighted by Crippen LogP contribution is 2.19. The van der Waals surface area contributed by atoms with Gasteiger partial charge in [0.05, 0.1) is 30.0 Å². The van der Waals surface area contributed by atoms with Crippen molar-refractivity contribution in [2.75, 3.05) is 19.7 Å². The fourth-order valence-electron chi connectivity index (χ4n) is 1.94. The molecule has 1 aliphatic heterocycles. The van der Waals surface area contributed by atoms with Gasteiger partial charge in [0, 0.05) is 11.0 Å². The fourth-order valence-corrected chi connectivity index (χ4v) is 4.13. The summed E-state index contributed by atoms with van der Waals surface area (Å²) in [5, 5.41) is 0. The van der Waals surface area contributed by atoms with Gasteiger partial charge < -0.3 is 10.5 Å². The quantitative estimate of drug-likeness (QED) is 0.537. The number of ether oxygens (including phenoxy) is 1. The zero-order chi connectivity index (χ0) is 15.5. The lowest BCUT2D eigenvalue weighted by Crippen LogP contribution is -2.39. The van der Waals surface area contributed by atoms with E-state index < -0.39 is 10.0 Å². The highest BCUT2D eigenvalue weighted by Gasteiger charge is 2.28. The molecule has 1 heterocycles. The molecule has 2 N–H and O–H groups in total. The van der Waals surface area contributed by atoms with Gasteiger partial charge in [-0.1, -0.05) is 40.3 Å². The van der Waals surface area contributed by atoms with Gasteiger partial charge in [-0.05, 0) is 24.1 Å². The molecule has 2 rings (SSSR count). The molecule has 0 aliphatic carbocycles. The zero-order valence-corrected chi connectivity index (χ0v) is 14.6. The van der Waals surface area contributed by atoms with Crippen LogP contribution in [0.15, 0.2) is 28.7 Å². The van der Waals surface area contributed by atoms with Crippen molar-refractivity contribution in [2.45, 2.75) is 18.3 Å². The predicted molar refractivity (Wildman–Crippen MR) is 89.5 cm³/mol. The number of nitrogens with zero attached hydrogens (tertiary/aromatic N) is 1. The number of benzene rings is 1. The molecule has 0 saturated carbocycles. The Hall–Kier alpha value is -0.540. The van der Waals surface area contributed by atoms with E-state index in [-0.39, 0.29) is 23.4 Å². The lowest BCUT2D eigenvalue weighted by Gasteiger charge is -2.21. The van der Waals surface area contributed by atoms with Crippen molar-refractivity contribution in [1.82, 2.24) is 4.31 Å². The summed E-state index contributed by atoms with van der Waals surface area (Å²) in [4.78, 5) is 0.171. The molecule has 1 atom stereocenters. The van der Waals surface area contributed by atoms with Gasteiger partial charge >= 0.3 is 0 Å². The van der Waals surface area contributed by atoms with Gasteiger partial charge in [-0.2, -0.15) is 4.31 Å². The number of hydrogen-bond acceptors (Lipinski definition) is 4. The number of rotatable bonds is 8. The summed E-state index contributed by atoms with van der Waals surface area (Å²) < 4.78 is 32.4. The average molecular weight is 393 g/mol. The van der Waals surface area contributed by atoms with Crippen LogP contribution in [0.3, 0.4) is 0 Å². The SMILES string of the molecule is NC(=S)CN(CCC1CO1)S(=O)(=O)Cc1cccc(Br)c1. The summed E-state index contributed by atoms with van der Waals surface area (Å²) >= 11 is 8.19. The van der Waals surface area contributed by atoms with E-state index in [0.717, 1.165) is 10.0 Å². The Bertz CT molecular complexity index is 618. The van der Waals surface area contributed by atoms with Gasteiger partial charge in [-0.25, -0.2) is 8.42 Å². The predicted octanol–water partition coefficient (Wildman–Crippen LogP) is 1.66. The summed E-state index contributed by atoms with van der Waals surface area (Å²) in [6.45, 7) is 1.14. The maximum absolute atomic E-state index is 12.5. The molecule has 1 aliphatic rings. The van der Waals surface area contributed by atoms with E-state index >= 15 is 0 Å². The Kier molecular flexibility index (Phi) is 5.73. The molecule has 5 nitrogen and oxygen atoms in total. The second-order valence-electron chi connectivity index (χ2n) is 4.93. The summed E-state index contributed by atoms with van der Waals surface area (Å²) in [7, 11) is -3.47. The second-order valence-corrected chi connectivity index (χ2v) is 8.34. The number of halogens is 1. The normalized spacial score (nSPS) is 17.9. The Morgan fingerprint density at radius 3 is 2.81 bits per heavy atom. The van der Waals surface area contributed by atoms with E-state index in [9.17, 15) is 8.42 Å². The van der Waals surface area contributed by atoms with E-state index in [1.54, 1.807) is 12.1 Å². The molecule has 1 unspecified atom stereocenters. The van der Waals surface area contributed by atoms with Crippen molar-refractivity contribution in [1.29, 1.82) is 0 Å². The van der Waals surface area contributed by atoms with Crippen molar-refractivity contribution in [3.8, 4) is 0 Å². The van der Waals surface area contributed by atoms with E-state index in [0.29, 0.717) is 19.6 Å². The van der Waals surface area contributed by atoms with Gasteiger partial charge in [-0.15, -0.1) is 0 Å². The van der Waals surface area contributed by atoms with Crippen LogP contribution in [0, 0.1) is 0 Å². The van der Waals surface area contributed by atoms with Crippen LogP contribution in [-0.4, -0.2) is 43.5 Å². The molecular formula is C13H17BrN2O3S2. The summed E-state index contributed by atoms with van der Waals surface area (Å²) in [6.07, 6.45) is 0.834. The minimum atomic E-state index is -3.47. The minimum Gasteiger partial charge on any atom is -0.392 e. The van der Waals surface area contributed by atoms with E-state index in [1.807, 2.05) is 12.1 Å². The topological polar surface area (TPSA) is 75.9 Å². The highest BCUT2D eigenvalue weighted by atomic mass is 79.9. The smallest absolute Gasteiger partial charge is 0.218 e. The van der Waals surface area contributed by atoms with Crippen molar-refractivity contribution in [3.63, 3.8) is 0 Å². The second kappa shape index (κ2) is 7.15. The molecule has 0 aromatic heterocycles. The van der Waals surface area contributed by atoms with Gasteiger partial charge in [0.25, 0.3) is 0 Å². The highest BCUT2D eigenvalue weighted by molar-refractivity contribution is 9.10. The number of nitrogens with two attached hydrogens (primary N) is 1. The maximum atomic E-state index is 12.5. The van der Waals surface area contributed by atoms with Crippen LogP contribution in [-0.2, 0) is 20.5 Å². The molecule has 8 heteroatoms. The summed E-state index contributed by atoms with van der Waals surface area (Å²) in [5.74, 6) is -0.0689. The van der Waals surface area contributed by atoms with E-state index in [4.69, 9.17) is 22.7 Å². The standard InChI is InChI=1S/C13H17BrN2O3S2/c14-11-3-1-2-10(6-11)9-21(17,18)16(7-13(15)20)5-4-12-8-19-12/h1-3,6,12H,4-5,7-9H2,(H2,15,20). The fraction of sp³-hybridized carbons (Fsp3) is 0.462. The third-order valence-corrected chi connectivity index (χ3v) is 5.49. The molecule has 0 bridgehead atoms.